The number of carbonyl (C=O) groups excluding carboxylic acids is 1. The van der Waals surface area contributed by atoms with E-state index in [0.29, 0.717) is 35.6 Å². The van der Waals surface area contributed by atoms with Gasteiger partial charge in [0.25, 0.3) is 5.91 Å². The smallest absolute Gasteiger partial charge is 0.257 e. The van der Waals surface area contributed by atoms with E-state index in [2.05, 4.69) is 24.0 Å². The van der Waals surface area contributed by atoms with Crippen LogP contribution in [0, 0.1) is 18.8 Å². The summed E-state index contributed by atoms with van der Waals surface area (Å²) >= 11 is 0. The highest BCUT2D eigenvalue weighted by Crippen LogP contribution is 2.47. The van der Waals surface area contributed by atoms with Gasteiger partial charge in [-0.05, 0) is 37.7 Å². The Morgan fingerprint density at radius 2 is 2.17 bits per heavy atom. The summed E-state index contributed by atoms with van der Waals surface area (Å²) < 4.78 is 5.30. The Hall–Kier alpha value is -2.11. The van der Waals surface area contributed by atoms with Crippen molar-refractivity contribution in [3.63, 3.8) is 0 Å². The first-order valence-corrected chi connectivity index (χ1v) is 8.80. The normalized spacial score (nSPS) is 24.1. The summed E-state index contributed by atoms with van der Waals surface area (Å²) in [5.41, 5.74) is 0.672. The fourth-order valence-corrected chi connectivity index (χ4v) is 3.78. The molecule has 3 heterocycles. The second kappa shape index (κ2) is 5.76. The molecule has 1 saturated carbocycles. The van der Waals surface area contributed by atoms with E-state index in [1.807, 2.05) is 11.8 Å². The highest BCUT2D eigenvalue weighted by atomic mass is 16.3. The van der Waals surface area contributed by atoms with Crippen molar-refractivity contribution in [1.82, 2.24) is 20.1 Å². The van der Waals surface area contributed by atoms with E-state index < -0.39 is 0 Å². The zero-order valence-electron chi connectivity index (χ0n) is 14.5. The van der Waals surface area contributed by atoms with E-state index in [9.17, 15) is 4.79 Å². The lowest BCUT2D eigenvalue weighted by atomic mass is 9.91. The molecule has 24 heavy (non-hydrogen) atoms. The van der Waals surface area contributed by atoms with Gasteiger partial charge in [-0.1, -0.05) is 13.8 Å². The number of carbonyl (C=O) groups is 1. The first-order valence-electron chi connectivity index (χ1n) is 8.80. The van der Waals surface area contributed by atoms with Crippen LogP contribution in [0.4, 0.5) is 0 Å². The number of H-pyrrole nitrogens is 1. The minimum absolute atomic E-state index is 0.0676. The molecule has 2 fully saturated rings. The number of likely N-dealkylation sites (tertiary alicyclic amines) is 1. The monoisotopic (exact) mass is 328 g/mol. The van der Waals surface area contributed by atoms with Gasteiger partial charge in [-0.25, -0.2) is 4.98 Å². The summed E-state index contributed by atoms with van der Waals surface area (Å²) in [6.07, 6.45) is 4.11. The standard InChI is InChI=1S/C18H24N4O2/c1-10(2)16-19-17(21-20-16)15-9-22(8-14(15)12-4-5-12)18(23)13-6-7-24-11(13)3/h6-7,10,12,14-15H,4-5,8-9H2,1-3H3,(H,19,20,21)/t14-,15+/m1/s1. The molecule has 1 amide bonds. The molecule has 0 bridgehead atoms. The minimum Gasteiger partial charge on any atom is -0.469 e. The first kappa shape index (κ1) is 15.4. The lowest BCUT2D eigenvalue weighted by Gasteiger charge is -2.15. The molecule has 6 nitrogen and oxygen atoms in total. The van der Waals surface area contributed by atoms with Gasteiger partial charge >= 0.3 is 0 Å². The third kappa shape index (κ3) is 2.64. The van der Waals surface area contributed by atoms with Gasteiger partial charge in [0.15, 0.2) is 5.82 Å². The lowest BCUT2D eigenvalue weighted by molar-refractivity contribution is 0.0783. The minimum atomic E-state index is 0.0676. The Bertz CT molecular complexity index is 744. The summed E-state index contributed by atoms with van der Waals surface area (Å²) in [5, 5.41) is 7.48. The van der Waals surface area contributed by atoms with E-state index >= 15 is 0 Å². The number of nitrogens with zero attached hydrogens (tertiary/aromatic N) is 3. The highest BCUT2D eigenvalue weighted by molar-refractivity contribution is 5.95. The van der Waals surface area contributed by atoms with Crippen LogP contribution in [0.25, 0.3) is 0 Å². The molecule has 2 aromatic rings. The zero-order chi connectivity index (χ0) is 16.8. The van der Waals surface area contributed by atoms with Crippen LogP contribution in [0.15, 0.2) is 16.7 Å². The first-order chi connectivity index (χ1) is 11.5. The summed E-state index contributed by atoms with van der Waals surface area (Å²) in [7, 11) is 0. The molecule has 0 aromatic carbocycles. The van der Waals surface area contributed by atoms with E-state index in [0.717, 1.165) is 18.2 Å². The molecule has 2 aromatic heterocycles. The molecule has 1 saturated heterocycles. The van der Waals surface area contributed by atoms with Crippen LogP contribution in [0.1, 0.15) is 66.3 Å². The number of hydrogen-bond donors (Lipinski definition) is 1. The van der Waals surface area contributed by atoms with Crippen molar-refractivity contribution in [2.45, 2.75) is 45.4 Å². The molecular formula is C18H24N4O2. The highest BCUT2D eigenvalue weighted by Gasteiger charge is 2.46. The maximum Gasteiger partial charge on any atom is 0.257 e. The zero-order valence-corrected chi connectivity index (χ0v) is 14.5. The Kier molecular flexibility index (Phi) is 3.70. The van der Waals surface area contributed by atoms with Crippen LogP contribution < -0.4 is 0 Å². The molecule has 0 spiro atoms. The predicted octanol–water partition coefficient (Wildman–Crippen LogP) is 3.10. The molecular weight excluding hydrogens is 304 g/mol. The van der Waals surface area contributed by atoms with Crippen LogP contribution in [0.2, 0.25) is 0 Å². The summed E-state index contributed by atoms with van der Waals surface area (Å²) in [5.74, 6) is 4.31. The Morgan fingerprint density at radius 3 is 2.75 bits per heavy atom. The van der Waals surface area contributed by atoms with Crippen LogP contribution >= 0.6 is 0 Å². The number of hydrogen-bond acceptors (Lipinski definition) is 4. The van der Waals surface area contributed by atoms with Gasteiger partial charge in [0.2, 0.25) is 0 Å². The largest absolute Gasteiger partial charge is 0.469 e. The number of aromatic nitrogens is 3. The molecule has 2 atom stereocenters. The summed E-state index contributed by atoms with van der Waals surface area (Å²) in [4.78, 5) is 19.5. The lowest BCUT2D eigenvalue weighted by Crippen LogP contribution is -2.29. The molecule has 1 aliphatic heterocycles. The average molecular weight is 328 g/mol. The summed E-state index contributed by atoms with van der Waals surface area (Å²) in [6.45, 7) is 7.54. The van der Waals surface area contributed by atoms with Gasteiger partial charge in [-0.15, -0.1) is 0 Å². The van der Waals surface area contributed by atoms with Crippen molar-refractivity contribution in [3.8, 4) is 0 Å². The molecule has 1 aliphatic carbocycles. The van der Waals surface area contributed by atoms with Gasteiger partial charge < -0.3 is 9.32 Å². The molecule has 0 unspecified atom stereocenters. The van der Waals surface area contributed by atoms with Crippen molar-refractivity contribution in [1.29, 1.82) is 0 Å². The fraction of sp³-hybridized carbons (Fsp3) is 0.611. The van der Waals surface area contributed by atoms with Crippen LogP contribution in [0.3, 0.4) is 0 Å². The van der Waals surface area contributed by atoms with E-state index in [1.165, 1.54) is 12.8 Å². The van der Waals surface area contributed by atoms with E-state index in [-0.39, 0.29) is 11.8 Å². The van der Waals surface area contributed by atoms with E-state index in [1.54, 1.807) is 12.3 Å². The number of aryl methyl sites for hydroxylation is 1. The SMILES string of the molecule is Cc1occc1C(=O)N1C[C@H](c2nc(C(C)C)n[nH]2)[C@@H](C2CC2)C1. The third-order valence-corrected chi connectivity index (χ3v) is 5.36. The van der Waals surface area contributed by atoms with Gasteiger partial charge in [-0.2, -0.15) is 5.10 Å². The molecule has 1 N–H and O–H groups in total. The number of amides is 1. The fourth-order valence-electron chi connectivity index (χ4n) is 3.78. The van der Waals surface area contributed by atoms with Crippen molar-refractivity contribution in [2.24, 2.45) is 11.8 Å². The van der Waals surface area contributed by atoms with Crippen molar-refractivity contribution < 1.29 is 9.21 Å². The number of furan rings is 1. The van der Waals surface area contributed by atoms with Crippen LogP contribution in [-0.4, -0.2) is 39.1 Å². The molecule has 2 aliphatic rings. The number of aromatic amines is 1. The number of nitrogens with one attached hydrogen (secondary N) is 1. The van der Waals surface area contributed by atoms with Gasteiger partial charge in [0, 0.05) is 24.9 Å². The number of rotatable bonds is 4. The van der Waals surface area contributed by atoms with Gasteiger partial charge in [0.1, 0.15) is 11.6 Å². The van der Waals surface area contributed by atoms with Crippen molar-refractivity contribution in [2.75, 3.05) is 13.1 Å². The van der Waals surface area contributed by atoms with Crippen LogP contribution in [0.5, 0.6) is 0 Å². The predicted molar refractivity (Wildman–Crippen MR) is 88.8 cm³/mol. The van der Waals surface area contributed by atoms with E-state index in [4.69, 9.17) is 9.40 Å². The van der Waals surface area contributed by atoms with Crippen LogP contribution in [-0.2, 0) is 0 Å². The van der Waals surface area contributed by atoms with Crippen molar-refractivity contribution in [3.05, 3.63) is 35.3 Å². The topological polar surface area (TPSA) is 75.0 Å². The molecule has 4 rings (SSSR count). The molecule has 0 radical (unpaired) electrons. The third-order valence-electron chi connectivity index (χ3n) is 5.36. The second-order valence-electron chi connectivity index (χ2n) is 7.44. The maximum atomic E-state index is 12.8. The Balaban J connectivity index is 1.57. The van der Waals surface area contributed by atoms with Gasteiger partial charge in [-0.3, -0.25) is 9.89 Å². The van der Waals surface area contributed by atoms with Crippen molar-refractivity contribution >= 4 is 5.91 Å². The molecule has 128 valence electrons. The maximum absolute atomic E-state index is 12.8. The average Bonchev–Trinajstić information content (AvgIpc) is 2.99. The molecule has 6 heteroatoms. The quantitative estimate of drug-likeness (QED) is 0.936. The van der Waals surface area contributed by atoms with Gasteiger partial charge in [0.05, 0.1) is 11.8 Å². The Labute approximate surface area is 141 Å². The Morgan fingerprint density at radius 1 is 1.38 bits per heavy atom. The summed E-state index contributed by atoms with van der Waals surface area (Å²) in [6, 6.07) is 1.77. The second-order valence-corrected chi connectivity index (χ2v) is 7.44.